The second-order valence-corrected chi connectivity index (χ2v) is 5.10. The number of anilines is 1. The minimum Gasteiger partial charge on any atom is -0.325 e. The molecule has 0 aliphatic heterocycles. The summed E-state index contributed by atoms with van der Waals surface area (Å²) >= 11 is 13.5. The molecule has 0 aromatic heterocycles. The van der Waals surface area contributed by atoms with E-state index in [-0.39, 0.29) is 5.91 Å². The quantitative estimate of drug-likeness (QED) is 0.822. The van der Waals surface area contributed by atoms with Gasteiger partial charge >= 0.3 is 0 Å². The highest BCUT2D eigenvalue weighted by Crippen LogP contribution is 2.25. The summed E-state index contributed by atoms with van der Waals surface area (Å²) in [7, 11) is 0. The normalized spacial score (nSPS) is 10.2. The first-order valence-corrected chi connectivity index (χ1v) is 7.02. The minimum atomic E-state index is -0.0294. The van der Waals surface area contributed by atoms with E-state index in [2.05, 4.69) is 5.32 Å². The molecular weight excluding hydrogens is 265 g/mol. The Morgan fingerprint density at radius 3 is 2.88 bits per heavy atom. The van der Waals surface area contributed by atoms with Crippen LogP contribution < -0.4 is 5.32 Å². The van der Waals surface area contributed by atoms with Gasteiger partial charge in [0, 0.05) is 11.4 Å². The number of benzene rings is 1. The molecule has 1 rings (SSSR count). The van der Waals surface area contributed by atoms with Crippen LogP contribution in [-0.4, -0.2) is 17.9 Å². The lowest BCUT2D eigenvalue weighted by molar-refractivity contribution is -0.116. The SMILES string of the molecule is CSCCCC(=O)Nc1cc(Cl)ccc1Cl. The molecule has 1 N–H and O–H groups in total. The van der Waals surface area contributed by atoms with Crippen molar-refractivity contribution in [3.63, 3.8) is 0 Å². The van der Waals surface area contributed by atoms with E-state index in [1.807, 2.05) is 6.26 Å². The van der Waals surface area contributed by atoms with Crippen molar-refractivity contribution in [2.45, 2.75) is 12.8 Å². The molecule has 0 heterocycles. The number of amides is 1. The first-order chi connectivity index (χ1) is 7.63. The topological polar surface area (TPSA) is 29.1 Å². The maximum Gasteiger partial charge on any atom is 0.224 e. The standard InChI is InChI=1S/C11H13Cl2NOS/c1-16-6-2-3-11(15)14-10-7-8(12)4-5-9(10)13/h4-5,7H,2-3,6H2,1H3,(H,14,15). The lowest BCUT2D eigenvalue weighted by Gasteiger charge is -2.07. The van der Waals surface area contributed by atoms with Gasteiger partial charge in [-0.15, -0.1) is 0 Å². The Hall–Kier alpha value is -0.380. The molecular formula is C11H13Cl2NOS. The predicted octanol–water partition coefficient (Wildman–Crippen LogP) is 4.08. The zero-order valence-corrected chi connectivity index (χ0v) is 11.3. The number of carbonyl (C=O) groups excluding carboxylic acids is 1. The number of rotatable bonds is 5. The summed E-state index contributed by atoms with van der Waals surface area (Å²) in [4.78, 5) is 11.5. The maximum absolute atomic E-state index is 11.5. The van der Waals surface area contributed by atoms with Crippen molar-refractivity contribution < 1.29 is 4.79 Å². The average molecular weight is 278 g/mol. The van der Waals surface area contributed by atoms with Gasteiger partial charge in [-0.2, -0.15) is 11.8 Å². The Kier molecular flexibility index (Phi) is 6.03. The van der Waals surface area contributed by atoms with Crippen LogP contribution in [0, 0.1) is 0 Å². The molecule has 1 aromatic rings. The molecule has 16 heavy (non-hydrogen) atoms. The number of nitrogens with one attached hydrogen (secondary N) is 1. The number of hydrogen-bond donors (Lipinski definition) is 1. The molecule has 1 amide bonds. The van der Waals surface area contributed by atoms with Crippen LogP contribution in [0.4, 0.5) is 5.69 Å². The van der Waals surface area contributed by atoms with Crippen molar-refractivity contribution in [1.82, 2.24) is 0 Å². The first kappa shape index (κ1) is 13.7. The van der Waals surface area contributed by atoms with Gasteiger partial charge in [-0.25, -0.2) is 0 Å². The van der Waals surface area contributed by atoms with E-state index < -0.39 is 0 Å². The molecule has 0 aliphatic carbocycles. The van der Waals surface area contributed by atoms with Crippen LogP contribution in [0.1, 0.15) is 12.8 Å². The van der Waals surface area contributed by atoms with Crippen molar-refractivity contribution in [1.29, 1.82) is 0 Å². The third kappa shape index (κ3) is 4.64. The van der Waals surface area contributed by atoms with Crippen LogP contribution in [0.2, 0.25) is 10.0 Å². The summed E-state index contributed by atoms with van der Waals surface area (Å²) in [5.41, 5.74) is 0.573. The van der Waals surface area contributed by atoms with Gasteiger partial charge < -0.3 is 5.32 Å². The second-order valence-electron chi connectivity index (χ2n) is 3.27. The molecule has 0 saturated heterocycles. The van der Waals surface area contributed by atoms with E-state index in [0.29, 0.717) is 22.2 Å². The zero-order valence-electron chi connectivity index (χ0n) is 8.93. The van der Waals surface area contributed by atoms with Crippen molar-refractivity contribution in [2.75, 3.05) is 17.3 Å². The average Bonchev–Trinajstić information content (AvgIpc) is 2.24. The molecule has 1 aromatic carbocycles. The van der Waals surface area contributed by atoms with Crippen LogP contribution in [0.15, 0.2) is 18.2 Å². The van der Waals surface area contributed by atoms with E-state index in [1.165, 1.54) is 0 Å². The van der Waals surface area contributed by atoms with Crippen molar-refractivity contribution in [2.24, 2.45) is 0 Å². The van der Waals surface area contributed by atoms with E-state index in [1.54, 1.807) is 30.0 Å². The lowest BCUT2D eigenvalue weighted by Crippen LogP contribution is -2.11. The minimum absolute atomic E-state index is 0.0294. The predicted molar refractivity (Wildman–Crippen MR) is 72.7 cm³/mol. The Balaban J connectivity index is 2.52. The van der Waals surface area contributed by atoms with E-state index in [9.17, 15) is 4.79 Å². The highest BCUT2D eigenvalue weighted by molar-refractivity contribution is 7.98. The monoisotopic (exact) mass is 277 g/mol. The van der Waals surface area contributed by atoms with E-state index in [0.717, 1.165) is 12.2 Å². The fourth-order valence-electron chi connectivity index (χ4n) is 1.18. The van der Waals surface area contributed by atoms with Gasteiger partial charge in [0.2, 0.25) is 5.91 Å². The van der Waals surface area contributed by atoms with Crippen LogP contribution in [0.5, 0.6) is 0 Å². The summed E-state index contributed by atoms with van der Waals surface area (Å²) in [5, 5.41) is 3.81. The van der Waals surface area contributed by atoms with Gasteiger partial charge in [-0.1, -0.05) is 23.2 Å². The number of thioether (sulfide) groups is 1. The van der Waals surface area contributed by atoms with Crippen molar-refractivity contribution in [3.8, 4) is 0 Å². The van der Waals surface area contributed by atoms with Crippen LogP contribution in [0.25, 0.3) is 0 Å². The Morgan fingerprint density at radius 1 is 1.44 bits per heavy atom. The molecule has 0 unspecified atom stereocenters. The summed E-state index contributed by atoms with van der Waals surface area (Å²) in [6.45, 7) is 0. The Bertz CT molecular complexity index is 371. The molecule has 0 bridgehead atoms. The van der Waals surface area contributed by atoms with Crippen LogP contribution >= 0.6 is 35.0 Å². The van der Waals surface area contributed by atoms with Gasteiger partial charge in [-0.05, 0) is 36.6 Å². The maximum atomic E-state index is 11.5. The number of hydrogen-bond acceptors (Lipinski definition) is 2. The van der Waals surface area contributed by atoms with Crippen LogP contribution in [-0.2, 0) is 4.79 Å². The summed E-state index contributed by atoms with van der Waals surface area (Å²) in [5.74, 6) is 0.953. The van der Waals surface area contributed by atoms with Crippen LogP contribution in [0.3, 0.4) is 0 Å². The second kappa shape index (κ2) is 7.05. The van der Waals surface area contributed by atoms with Gasteiger partial charge in [0.15, 0.2) is 0 Å². The summed E-state index contributed by atoms with van der Waals surface area (Å²) in [6, 6.07) is 5.00. The number of halogens is 2. The Morgan fingerprint density at radius 2 is 2.19 bits per heavy atom. The molecule has 0 fully saturated rings. The molecule has 0 radical (unpaired) electrons. The fourth-order valence-corrected chi connectivity index (χ4v) is 1.95. The fraction of sp³-hybridized carbons (Fsp3) is 0.364. The van der Waals surface area contributed by atoms with Gasteiger partial charge in [0.1, 0.15) is 0 Å². The van der Waals surface area contributed by atoms with Crippen molar-refractivity contribution in [3.05, 3.63) is 28.2 Å². The van der Waals surface area contributed by atoms with E-state index in [4.69, 9.17) is 23.2 Å². The highest BCUT2D eigenvalue weighted by Gasteiger charge is 2.06. The molecule has 88 valence electrons. The molecule has 5 heteroatoms. The lowest BCUT2D eigenvalue weighted by atomic mass is 10.3. The molecule has 0 saturated carbocycles. The first-order valence-electron chi connectivity index (χ1n) is 4.87. The third-order valence-electron chi connectivity index (χ3n) is 1.95. The van der Waals surface area contributed by atoms with Gasteiger partial charge in [0.05, 0.1) is 10.7 Å². The zero-order chi connectivity index (χ0) is 12.0. The summed E-state index contributed by atoms with van der Waals surface area (Å²) in [6.07, 6.45) is 3.39. The third-order valence-corrected chi connectivity index (χ3v) is 3.22. The van der Waals surface area contributed by atoms with Gasteiger partial charge in [-0.3, -0.25) is 4.79 Å². The molecule has 2 nitrogen and oxygen atoms in total. The Labute approximate surface area is 110 Å². The van der Waals surface area contributed by atoms with E-state index >= 15 is 0 Å². The largest absolute Gasteiger partial charge is 0.325 e. The van der Waals surface area contributed by atoms with Crippen molar-refractivity contribution >= 4 is 46.6 Å². The molecule has 0 spiro atoms. The van der Waals surface area contributed by atoms with Gasteiger partial charge in [0.25, 0.3) is 0 Å². The number of carbonyl (C=O) groups is 1. The highest BCUT2D eigenvalue weighted by atomic mass is 35.5. The smallest absolute Gasteiger partial charge is 0.224 e. The molecule has 0 aliphatic rings. The summed E-state index contributed by atoms with van der Waals surface area (Å²) < 4.78 is 0. The molecule has 0 atom stereocenters.